The summed E-state index contributed by atoms with van der Waals surface area (Å²) in [7, 11) is 0. The number of nitrogens with one attached hydrogen (secondary N) is 1. The number of aryl methyl sites for hydroxylation is 1. The number of hydrogen-bond acceptors (Lipinski definition) is 4. The average Bonchev–Trinajstić information content (AvgIpc) is 2.13. The van der Waals surface area contributed by atoms with E-state index in [0.717, 1.165) is 10.3 Å². The fourth-order valence-electron chi connectivity index (χ4n) is 0.918. The molecule has 0 atom stereocenters. The Morgan fingerprint density at radius 1 is 1.60 bits per heavy atom. The lowest BCUT2D eigenvalue weighted by Gasteiger charge is -2.05. The van der Waals surface area contributed by atoms with Crippen LogP contribution in [-0.2, 0) is 11.5 Å². The second-order valence-corrected chi connectivity index (χ2v) is 3.28. The van der Waals surface area contributed by atoms with Crippen LogP contribution in [0.1, 0.15) is 12.6 Å². The molecule has 6 nitrogen and oxygen atoms in total. The summed E-state index contributed by atoms with van der Waals surface area (Å²) in [6.45, 7) is 7.34. The molecule has 0 aliphatic heterocycles. The molecule has 0 saturated carbocycles. The molecular weight excluding hydrogens is 198 g/mol. The Bertz CT molecular complexity index is 472. The Morgan fingerprint density at radius 3 is 2.87 bits per heavy atom. The number of aromatic nitrogens is 3. The number of aromatic amines is 1. The van der Waals surface area contributed by atoms with E-state index >= 15 is 0 Å². The summed E-state index contributed by atoms with van der Waals surface area (Å²) in [6, 6.07) is 0. The molecule has 0 bridgehead atoms. The van der Waals surface area contributed by atoms with E-state index in [1.54, 1.807) is 0 Å². The van der Waals surface area contributed by atoms with E-state index < -0.39 is 11.2 Å². The molecule has 15 heavy (non-hydrogen) atoms. The van der Waals surface area contributed by atoms with Crippen molar-refractivity contribution in [2.75, 3.05) is 6.61 Å². The summed E-state index contributed by atoms with van der Waals surface area (Å²) in [6.07, 6.45) is 0. The Hall–Kier alpha value is -1.69. The van der Waals surface area contributed by atoms with Crippen LogP contribution in [0.5, 0.6) is 0 Å². The minimum absolute atomic E-state index is 0.00329. The molecule has 0 fully saturated rings. The highest BCUT2D eigenvalue weighted by Crippen LogP contribution is 1.88. The van der Waals surface area contributed by atoms with E-state index in [1.807, 2.05) is 6.92 Å². The summed E-state index contributed by atoms with van der Waals surface area (Å²) >= 11 is 0. The smallest absolute Gasteiger partial charge is 0.346 e. The molecule has 1 aromatic heterocycles. The molecule has 0 aliphatic carbocycles. The highest BCUT2D eigenvalue weighted by Gasteiger charge is 2.01. The van der Waals surface area contributed by atoms with Gasteiger partial charge in [0, 0.05) is 0 Å². The van der Waals surface area contributed by atoms with Crippen LogP contribution in [0.2, 0.25) is 0 Å². The topological polar surface area (TPSA) is 77.0 Å². The first-order chi connectivity index (χ1) is 7.00. The maximum Gasteiger partial charge on any atom is 0.346 e. The third-order valence-electron chi connectivity index (χ3n) is 1.62. The largest absolute Gasteiger partial charge is 0.355 e. The van der Waals surface area contributed by atoms with Crippen molar-refractivity contribution in [2.45, 2.75) is 20.6 Å². The van der Waals surface area contributed by atoms with Gasteiger partial charge >= 0.3 is 5.69 Å². The van der Waals surface area contributed by atoms with E-state index in [0.29, 0.717) is 6.61 Å². The highest BCUT2D eigenvalue weighted by atomic mass is 16.5. The molecule has 82 valence electrons. The molecule has 6 heteroatoms. The third kappa shape index (κ3) is 3.17. The molecule has 0 amide bonds. The number of H-pyrrole nitrogens is 1. The van der Waals surface area contributed by atoms with Gasteiger partial charge in [0.15, 0.2) is 0 Å². The standard InChI is InChI=1S/C9H13N3O3/c1-6(2)4-15-5-12-9(14)10-8(13)7(3)11-12/h1,4-5H2,2-3H3,(H,10,13,14). The van der Waals surface area contributed by atoms with Crippen LogP contribution in [0.4, 0.5) is 0 Å². The lowest BCUT2D eigenvalue weighted by Crippen LogP contribution is -2.34. The SMILES string of the molecule is C=C(C)COCn1nc(C)c(=O)[nH]c1=O. The Labute approximate surface area is 86.2 Å². The molecule has 1 N–H and O–H groups in total. The Balaban J connectivity index is 2.78. The fourth-order valence-corrected chi connectivity index (χ4v) is 0.918. The molecular formula is C9H13N3O3. The lowest BCUT2D eigenvalue weighted by molar-refractivity contribution is 0.0807. The van der Waals surface area contributed by atoms with E-state index in [-0.39, 0.29) is 12.4 Å². The number of ether oxygens (including phenoxy) is 1. The zero-order valence-corrected chi connectivity index (χ0v) is 8.74. The van der Waals surface area contributed by atoms with Gasteiger partial charge in [-0.05, 0) is 13.8 Å². The van der Waals surface area contributed by atoms with Gasteiger partial charge in [-0.1, -0.05) is 12.2 Å². The summed E-state index contributed by atoms with van der Waals surface area (Å²) in [5, 5.41) is 3.77. The minimum Gasteiger partial charge on any atom is -0.355 e. The molecule has 0 aromatic carbocycles. The van der Waals surface area contributed by atoms with E-state index in [2.05, 4.69) is 16.7 Å². The number of rotatable bonds is 4. The summed E-state index contributed by atoms with van der Waals surface area (Å²) in [5.41, 5.74) is 0.0289. The van der Waals surface area contributed by atoms with Crippen molar-refractivity contribution >= 4 is 0 Å². The molecule has 0 radical (unpaired) electrons. The molecule has 0 saturated heterocycles. The van der Waals surface area contributed by atoms with Gasteiger partial charge in [-0.15, -0.1) is 0 Å². The zero-order chi connectivity index (χ0) is 11.4. The van der Waals surface area contributed by atoms with Gasteiger partial charge in [0.1, 0.15) is 12.4 Å². The predicted molar refractivity (Wildman–Crippen MR) is 54.6 cm³/mol. The Morgan fingerprint density at radius 2 is 2.27 bits per heavy atom. The second kappa shape index (κ2) is 4.70. The molecule has 1 rings (SSSR count). The van der Waals surface area contributed by atoms with Gasteiger partial charge in [-0.3, -0.25) is 9.78 Å². The van der Waals surface area contributed by atoms with Crippen LogP contribution < -0.4 is 11.2 Å². The van der Waals surface area contributed by atoms with Crippen LogP contribution in [0.25, 0.3) is 0 Å². The lowest BCUT2D eigenvalue weighted by atomic mass is 10.4. The van der Waals surface area contributed by atoms with Gasteiger partial charge in [0.05, 0.1) is 6.61 Å². The minimum atomic E-state index is -0.577. The van der Waals surface area contributed by atoms with Gasteiger partial charge in [-0.25, -0.2) is 4.79 Å². The average molecular weight is 211 g/mol. The highest BCUT2D eigenvalue weighted by molar-refractivity contribution is 4.88. The third-order valence-corrected chi connectivity index (χ3v) is 1.62. The molecule has 0 aliphatic rings. The zero-order valence-electron chi connectivity index (χ0n) is 8.74. The van der Waals surface area contributed by atoms with Crippen molar-refractivity contribution in [2.24, 2.45) is 0 Å². The maximum atomic E-state index is 11.2. The Kier molecular flexibility index (Phi) is 3.56. The van der Waals surface area contributed by atoms with Crippen molar-refractivity contribution in [3.8, 4) is 0 Å². The maximum absolute atomic E-state index is 11.2. The van der Waals surface area contributed by atoms with Crippen LogP contribution in [0, 0.1) is 6.92 Å². The summed E-state index contributed by atoms with van der Waals surface area (Å²) in [5.74, 6) is 0. The number of hydrogen-bond donors (Lipinski definition) is 1. The first-order valence-corrected chi connectivity index (χ1v) is 4.41. The quantitative estimate of drug-likeness (QED) is 0.699. The van der Waals surface area contributed by atoms with Gasteiger partial charge in [0.25, 0.3) is 5.56 Å². The van der Waals surface area contributed by atoms with Crippen LogP contribution in [0.15, 0.2) is 21.7 Å². The van der Waals surface area contributed by atoms with Crippen molar-refractivity contribution in [1.29, 1.82) is 0 Å². The van der Waals surface area contributed by atoms with Crippen molar-refractivity contribution < 1.29 is 4.74 Å². The molecule has 1 aromatic rings. The van der Waals surface area contributed by atoms with E-state index in [4.69, 9.17) is 4.74 Å². The number of nitrogens with zero attached hydrogens (tertiary/aromatic N) is 2. The first kappa shape index (κ1) is 11.4. The summed E-state index contributed by atoms with van der Waals surface area (Å²) < 4.78 is 6.19. The molecule has 1 heterocycles. The first-order valence-electron chi connectivity index (χ1n) is 4.41. The van der Waals surface area contributed by atoms with Crippen molar-refractivity contribution in [1.82, 2.24) is 14.8 Å². The summed E-state index contributed by atoms with van der Waals surface area (Å²) in [4.78, 5) is 24.3. The normalized spacial score (nSPS) is 10.3. The van der Waals surface area contributed by atoms with Crippen molar-refractivity contribution in [3.05, 3.63) is 38.7 Å². The van der Waals surface area contributed by atoms with Crippen LogP contribution in [-0.4, -0.2) is 21.4 Å². The van der Waals surface area contributed by atoms with Crippen molar-refractivity contribution in [3.63, 3.8) is 0 Å². The van der Waals surface area contributed by atoms with E-state index in [9.17, 15) is 9.59 Å². The van der Waals surface area contributed by atoms with E-state index in [1.165, 1.54) is 6.92 Å². The van der Waals surface area contributed by atoms with Crippen LogP contribution >= 0.6 is 0 Å². The van der Waals surface area contributed by atoms with Gasteiger partial charge in [-0.2, -0.15) is 9.78 Å². The predicted octanol–water partition coefficient (Wildman–Crippen LogP) is -0.210. The molecule has 0 unspecified atom stereocenters. The van der Waals surface area contributed by atoms with Crippen LogP contribution in [0.3, 0.4) is 0 Å². The van der Waals surface area contributed by atoms with Gasteiger partial charge < -0.3 is 4.74 Å². The van der Waals surface area contributed by atoms with Gasteiger partial charge in [0.2, 0.25) is 0 Å². The fraction of sp³-hybridized carbons (Fsp3) is 0.444. The monoisotopic (exact) mass is 211 g/mol. The molecule has 0 spiro atoms. The second-order valence-electron chi connectivity index (χ2n) is 3.28.